The van der Waals surface area contributed by atoms with E-state index in [2.05, 4.69) is 10.3 Å². The average Bonchev–Trinajstić information content (AvgIpc) is 3.18. The number of carbonyl (C=O) groups is 3. The number of carbonyl (C=O) groups excluding carboxylic acids is 3. The van der Waals surface area contributed by atoms with Crippen LogP contribution in [-0.2, 0) is 47.5 Å². The van der Waals surface area contributed by atoms with Crippen LogP contribution in [0.25, 0.3) is 0 Å². The lowest BCUT2D eigenvalue weighted by Gasteiger charge is -2.50. The first-order valence-electron chi connectivity index (χ1n) is 21.7. The second-order valence-electron chi connectivity index (χ2n) is 17.6. The summed E-state index contributed by atoms with van der Waals surface area (Å²) in [6.07, 6.45) is -10.9. The summed E-state index contributed by atoms with van der Waals surface area (Å²) in [6, 6.07) is 4.19. The van der Waals surface area contributed by atoms with E-state index in [1.807, 2.05) is 19.1 Å². The molecule has 4 heterocycles. The van der Waals surface area contributed by atoms with E-state index >= 15 is 0 Å². The Labute approximate surface area is 365 Å². The highest BCUT2D eigenvalue weighted by atomic mass is 16.7. The average molecular weight is 882 g/mol. The molecular weight excluding hydrogens is 810 g/mol. The molecule has 1 aromatic heterocycles. The third-order valence-corrected chi connectivity index (χ3v) is 12.0. The fraction of sp³-hybridized carbons (Fsp3) is 0.773. The van der Waals surface area contributed by atoms with E-state index in [1.165, 1.54) is 13.2 Å². The van der Waals surface area contributed by atoms with E-state index in [0.717, 1.165) is 5.69 Å². The number of hydrogen-bond donors (Lipinski definition) is 6. The molecule has 3 aliphatic rings. The van der Waals surface area contributed by atoms with Gasteiger partial charge in [0.25, 0.3) is 0 Å². The zero-order valence-corrected chi connectivity index (χ0v) is 37.7. The molecule has 6 N–H and O–H groups in total. The van der Waals surface area contributed by atoms with E-state index in [-0.39, 0.29) is 32.1 Å². The molecule has 62 heavy (non-hydrogen) atoms. The van der Waals surface area contributed by atoms with Crippen LogP contribution in [0.1, 0.15) is 85.8 Å². The van der Waals surface area contributed by atoms with Crippen molar-refractivity contribution in [3.63, 3.8) is 0 Å². The first kappa shape index (κ1) is 51.5. The van der Waals surface area contributed by atoms with Gasteiger partial charge in [-0.25, -0.2) is 4.98 Å². The number of methoxy groups -OCH3 is 1. The van der Waals surface area contributed by atoms with Gasteiger partial charge < -0.3 is 73.7 Å². The SMILES string of the molecule is CCC(=O)O[C@H]1[C@H](C)O[C@@H](O[C@H]2[C@H](N(C)C)[C@@H](O)[C@H](O[C@H]3[C@@H](CC=O)C[C@@H](C)[C@@H](O)[C@H](O)/C=C\[C@H](Nc4cccc(C)n4)C[C@@H](C)OC(=O)C[C@@H](O)[C@@H]3OC)O[C@@H]2C)C[C@@]1(C)O. The molecule has 4 rings (SSSR count). The van der Waals surface area contributed by atoms with Crippen molar-refractivity contribution < 1.29 is 73.1 Å². The van der Waals surface area contributed by atoms with Crippen LogP contribution in [0.3, 0.4) is 0 Å². The number of pyridine rings is 1. The minimum absolute atomic E-state index is 0.0562. The number of anilines is 1. The molecule has 352 valence electrons. The molecule has 2 saturated heterocycles. The second kappa shape index (κ2) is 23.2. The Morgan fingerprint density at radius 2 is 1.71 bits per heavy atom. The number of aryl methyl sites for hydroxylation is 1. The van der Waals surface area contributed by atoms with Crippen LogP contribution in [0, 0.1) is 18.8 Å². The molecule has 0 saturated carbocycles. The van der Waals surface area contributed by atoms with Crippen molar-refractivity contribution in [2.24, 2.45) is 11.8 Å². The molecule has 1 aromatic rings. The van der Waals surface area contributed by atoms with Crippen molar-refractivity contribution in [2.45, 2.75) is 184 Å². The number of cyclic esters (lactones) is 1. The van der Waals surface area contributed by atoms with Gasteiger partial charge in [-0.3, -0.25) is 9.59 Å². The summed E-state index contributed by atoms with van der Waals surface area (Å²) in [6.45, 7) is 11.8. The van der Waals surface area contributed by atoms with E-state index in [4.69, 9.17) is 33.2 Å². The normalized spacial score (nSPS) is 40.9. The van der Waals surface area contributed by atoms with Crippen LogP contribution in [0.2, 0.25) is 0 Å². The molecule has 18 heteroatoms. The molecule has 18 atom stereocenters. The first-order valence-corrected chi connectivity index (χ1v) is 21.7. The molecule has 0 aliphatic carbocycles. The monoisotopic (exact) mass is 881 g/mol. The number of aliphatic hydroxyl groups excluding tert-OH is 4. The number of likely N-dealkylation sites (N-methyl/N-ethyl adjacent to an activating group) is 1. The molecular formula is C44H71N3O15. The minimum atomic E-state index is -1.53. The molecule has 0 unspecified atom stereocenters. The van der Waals surface area contributed by atoms with Crippen LogP contribution in [0.5, 0.6) is 0 Å². The number of esters is 2. The number of nitrogens with one attached hydrogen (secondary N) is 1. The molecule has 0 aromatic carbocycles. The third kappa shape index (κ3) is 13.7. The van der Waals surface area contributed by atoms with Crippen LogP contribution in [0.15, 0.2) is 30.4 Å². The molecule has 0 spiro atoms. The lowest BCUT2D eigenvalue weighted by atomic mass is 9.81. The maximum atomic E-state index is 13.4. The number of aliphatic hydroxyl groups is 5. The number of aromatic nitrogens is 1. The second-order valence-corrected chi connectivity index (χ2v) is 17.6. The van der Waals surface area contributed by atoms with Gasteiger partial charge in [-0.2, -0.15) is 0 Å². The predicted molar refractivity (Wildman–Crippen MR) is 224 cm³/mol. The summed E-state index contributed by atoms with van der Waals surface area (Å²) in [4.78, 5) is 44.0. The molecule has 18 nitrogen and oxygen atoms in total. The number of ether oxygens (including phenoxy) is 7. The summed E-state index contributed by atoms with van der Waals surface area (Å²) >= 11 is 0. The van der Waals surface area contributed by atoms with Crippen molar-refractivity contribution in [3.8, 4) is 0 Å². The van der Waals surface area contributed by atoms with Gasteiger partial charge in [-0.05, 0) is 79.1 Å². The van der Waals surface area contributed by atoms with Crippen molar-refractivity contribution in [3.05, 3.63) is 36.0 Å². The van der Waals surface area contributed by atoms with E-state index < -0.39 is 128 Å². The summed E-state index contributed by atoms with van der Waals surface area (Å²) in [5.74, 6) is -2.10. The van der Waals surface area contributed by atoms with Gasteiger partial charge in [0.15, 0.2) is 18.7 Å². The van der Waals surface area contributed by atoms with Crippen LogP contribution >= 0.6 is 0 Å². The Morgan fingerprint density at radius 1 is 1.00 bits per heavy atom. The van der Waals surface area contributed by atoms with E-state index in [9.17, 15) is 39.9 Å². The molecule has 3 aliphatic heterocycles. The highest BCUT2D eigenvalue weighted by Gasteiger charge is 2.52. The number of rotatable bonds is 12. The Kier molecular flexibility index (Phi) is 19.2. The number of hydrogen-bond acceptors (Lipinski definition) is 18. The summed E-state index contributed by atoms with van der Waals surface area (Å²) in [7, 11) is 4.78. The fourth-order valence-corrected chi connectivity index (χ4v) is 8.82. The van der Waals surface area contributed by atoms with Crippen molar-refractivity contribution in [1.29, 1.82) is 0 Å². The summed E-state index contributed by atoms with van der Waals surface area (Å²) in [5, 5.41) is 61.0. The summed E-state index contributed by atoms with van der Waals surface area (Å²) in [5.41, 5.74) is -0.721. The maximum Gasteiger partial charge on any atom is 0.308 e. The quantitative estimate of drug-likeness (QED) is 0.0996. The lowest BCUT2D eigenvalue weighted by Crippen LogP contribution is -2.66. The van der Waals surface area contributed by atoms with Gasteiger partial charge in [-0.15, -0.1) is 0 Å². The van der Waals surface area contributed by atoms with Crippen molar-refractivity contribution >= 4 is 24.0 Å². The zero-order valence-electron chi connectivity index (χ0n) is 37.7. The standard InChI is InChI=1S/C44H71N3O15/c1-11-33(51)60-42-27(6)58-35(22-44(42,7)55)61-39-26(5)59-43(38(54)36(39)47(8)9)62-40-28(17-18-48)19-23(2)37(53)30(49)16-15-29(46-32-14-12-13-24(3)45-32)20-25(4)57-34(52)21-31(50)41(40)56-10/h12-16,18,23,25-31,35-43,49-50,53-55H,11,17,19-22H2,1-10H3,(H,45,46)/b16-15-/t23-,25-,26-,27+,28+,29+,30-,31-,35+,36-,37-,38-,39-,40+,41+,42+,43+,44-/m1/s1. The Bertz CT molecular complexity index is 1620. The van der Waals surface area contributed by atoms with Gasteiger partial charge in [0.1, 0.15) is 42.1 Å². The van der Waals surface area contributed by atoms with Crippen LogP contribution in [-0.4, -0.2) is 172 Å². The van der Waals surface area contributed by atoms with Crippen molar-refractivity contribution in [2.75, 3.05) is 26.5 Å². The molecule has 0 radical (unpaired) electrons. The minimum Gasteiger partial charge on any atom is -0.462 e. The zero-order chi connectivity index (χ0) is 46.1. The Hall–Kier alpha value is -3.14. The predicted octanol–water partition coefficient (Wildman–Crippen LogP) is 1.80. The first-order chi connectivity index (χ1) is 29.2. The highest BCUT2D eigenvalue weighted by molar-refractivity contribution is 5.70. The van der Waals surface area contributed by atoms with Crippen LogP contribution in [0.4, 0.5) is 5.82 Å². The topological polar surface area (TPSA) is 245 Å². The number of aldehydes is 1. The van der Waals surface area contributed by atoms with E-state index in [1.54, 1.807) is 72.7 Å². The van der Waals surface area contributed by atoms with Gasteiger partial charge in [0.05, 0.1) is 49.1 Å². The van der Waals surface area contributed by atoms with Gasteiger partial charge in [0.2, 0.25) is 0 Å². The highest BCUT2D eigenvalue weighted by Crippen LogP contribution is 2.37. The lowest BCUT2D eigenvalue weighted by molar-refractivity contribution is -0.344. The fourth-order valence-electron chi connectivity index (χ4n) is 8.82. The Balaban J connectivity index is 1.62. The molecule has 2 fully saturated rings. The largest absolute Gasteiger partial charge is 0.462 e. The maximum absolute atomic E-state index is 13.4. The van der Waals surface area contributed by atoms with Gasteiger partial charge in [-0.1, -0.05) is 32.1 Å². The smallest absolute Gasteiger partial charge is 0.308 e. The number of nitrogens with zero attached hydrogens (tertiary/aromatic N) is 2. The summed E-state index contributed by atoms with van der Waals surface area (Å²) < 4.78 is 42.5. The van der Waals surface area contributed by atoms with Gasteiger partial charge in [0, 0.05) is 44.5 Å². The van der Waals surface area contributed by atoms with Crippen LogP contribution < -0.4 is 5.32 Å². The van der Waals surface area contributed by atoms with E-state index in [0.29, 0.717) is 12.1 Å². The van der Waals surface area contributed by atoms with Crippen molar-refractivity contribution in [1.82, 2.24) is 9.88 Å². The Morgan fingerprint density at radius 3 is 2.32 bits per heavy atom. The van der Waals surface area contributed by atoms with Gasteiger partial charge >= 0.3 is 11.9 Å². The molecule has 0 bridgehead atoms. The molecule has 0 amide bonds. The third-order valence-electron chi connectivity index (χ3n) is 12.0.